The summed E-state index contributed by atoms with van der Waals surface area (Å²) in [7, 11) is 0. The molecule has 0 atom stereocenters. The number of carbonyl (C=O) groups is 2. The lowest BCUT2D eigenvalue weighted by Gasteiger charge is -2.15. The minimum atomic E-state index is -0.568. The predicted molar refractivity (Wildman–Crippen MR) is 102 cm³/mol. The van der Waals surface area contributed by atoms with E-state index in [1.54, 1.807) is 30.5 Å². The molecule has 140 valence electrons. The van der Waals surface area contributed by atoms with Crippen LogP contribution in [0.1, 0.15) is 37.0 Å². The molecule has 6 heteroatoms. The minimum absolute atomic E-state index is 0.0866. The van der Waals surface area contributed by atoms with Crippen molar-refractivity contribution in [2.24, 2.45) is 0 Å². The minimum Gasteiger partial charge on any atom is -0.463 e. The van der Waals surface area contributed by atoms with Crippen LogP contribution in [-0.4, -0.2) is 29.5 Å². The van der Waals surface area contributed by atoms with E-state index in [-0.39, 0.29) is 18.6 Å². The maximum Gasteiger partial charge on any atom is 0.339 e. The third-order valence-corrected chi connectivity index (χ3v) is 4.39. The number of carbonyl (C=O) groups excluding carboxylic acids is 2. The van der Waals surface area contributed by atoms with E-state index >= 15 is 0 Å². The van der Waals surface area contributed by atoms with Crippen LogP contribution in [0.4, 0.5) is 0 Å². The zero-order chi connectivity index (χ0) is 19.2. The van der Waals surface area contributed by atoms with Crippen LogP contribution in [0, 0.1) is 0 Å². The average molecular weight is 366 g/mol. The number of rotatable bonds is 7. The number of esters is 1. The largest absolute Gasteiger partial charge is 0.463 e. The number of pyridine rings is 1. The summed E-state index contributed by atoms with van der Waals surface area (Å²) in [5.41, 5.74) is 1.54. The molecule has 3 aromatic rings. The summed E-state index contributed by atoms with van der Waals surface area (Å²) >= 11 is 0. The Labute approximate surface area is 157 Å². The molecule has 0 fully saturated rings. The van der Waals surface area contributed by atoms with Crippen molar-refractivity contribution in [3.63, 3.8) is 0 Å². The molecule has 27 heavy (non-hydrogen) atoms. The van der Waals surface area contributed by atoms with Gasteiger partial charge >= 0.3 is 5.97 Å². The van der Waals surface area contributed by atoms with Crippen molar-refractivity contribution in [3.8, 4) is 11.5 Å². The molecule has 0 aliphatic rings. The number of hydrogen-bond acceptors (Lipinski definition) is 5. The van der Waals surface area contributed by atoms with Gasteiger partial charge in [-0.05, 0) is 37.1 Å². The Bertz CT molecular complexity index is 931. The van der Waals surface area contributed by atoms with Crippen molar-refractivity contribution in [1.29, 1.82) is 0 Å². The first kappa shape index (κ1) is 18.6. The summed E-state index contributed by atoms with van der Waals surface area (Å²) < 4.78 is 10.6. The summed E-state index contributed by atoms with van der Waals surface area (Å²) in [6.07, 6.45) is 3.21. The highest BCUT2D eigenvalue weighted by atomic mass is 16.5. The standard InChI is InChI=1S/C21H22N2O4/c1-3-14(4-2)22-20(24)13-27-21(25)16-12-18(19-10-7-11-26-19)23-17-9-6-5-8-15(16)17/h5-12,14H,3-4,13H2,1-2H3,(H,22,24). The third kappa shape index (κ3) is 4.34. The van der Waals surface area contributed by atoms with Crippen molar-refractivity contribution in [2.75, 3.05) is 6.61 Å². The second kappa shape index (κ2) is 8.49. The molecule has 2 aromatic heterocycles. The summed E-state index contributed by atoms with van der Waals surface area (Å²) in [6, 6.07) is 12.5. The van der Waals surface area contributed by atoms with Gasteiger partial charge in [-0.15, -0.1) is 0 Å². The van der Waals surface area contributed by atoms with Crippen molar-refractivity contribution in [3.05, 3.63) is 54.3 Å². The first-order valence-electron chi connectivity index (χ1n) is 9.02. The summed E-state index contributed by atoms with van der Waals surface area (Å²) in [4.78, 5) is 29.2. The predicted octanol–water partition coefficient (Wildman–Crippen LogP) is 3.96. The summed E-state index contributed by atoms with van der Waals surface area (Å²) in [5.74, 6) is -0.316. The highest BCUT2D eigenvalue weighted by molar-refractivity contribution is 6.05. The number of nitrogens with zero attached hydrogens (tertiary/aromatic N) is 1. The number of amides is 1. The molecule has 0 aliphatic heterocycles. The lowest BCUT2D eigenvalue weighted by Crippen LogP contribution is -2.36. The normalized spacial score (nSPS) is 10.9. The summed E-state index contributed by atoms with van der Waals surface area (Å²) in [5, 5.41) is 3.52. The van der Waals surface area contributed by atoms with Crippen LogP contribution in [0.25, 0.3) is 22.4 Å². The molecular formula is C21H22N2O4. The van der Waals surface area contributed by atoms with Gasteiger partial charge in [0.1, 0.15) is 5.69 Å². The molecule has 0 aliphatic carbocycles. The Morgan fingerprint density at radius 1 is 1.15 bits per heavy atom. The van der Waals surface area contributed by atoms with E-state index in [9.17, 15) is 9.59 Å². The van der Waals surface area contributed by atoms with Gasteiger partial charge in [0.2, 0.25) is 0 Å². The lowest BCUT2D eigenvalue weighted by molar-refractivity contribution is -0.125. The number of fused-ring (bicyclic) bond motifs is 1. The second-order valence-corrected chi connectivity index (χ2v) is 6.21. The zero-order valence-electron chi connectivity index (χ0n) is 15.4. The van der Waals surface area contributed by atoms with Crippen molar-refractivity contribution < 1.29 is 18.7 Å². The highest BCUT2D eigenvalue weighted by Crippen LogP contribution is 2.25. The van der Waals surface area contributed by atoms with E-state index in [1.807, 2.05) is 32.0 Å². The molecule has 2 heterocycles. The van der Waals surface area contributed by atoms with Gasteiger partial charge in [-0.3, -0.25) is 4.79 Å². The molecule has 0 saturated heterocycles. The van der Waals surface area contributed by atoms with E-state index in [4.69, 9.17) is 9.15 Å². The van der Waals surface area contributed by atoms with Gasteiger partial charge in [-0.25, -0.2) is 9.78 Å². The Kier molecular flexibility index (Phi) is 5.86. The first-order valence-corrected chi connectivity index (χ1v) is 9.02. The Hall–Kier alpha value is -3.15. The quantitative estimate of drug-likeness (QED) is 0.640. The molecule has 0 saturated carbocycles. The molecule has 1 amide bonds. The van der Waals surface area contributed by atoms with Gasteiger partial charge in [0.25, 0.3) is 5.91 Å². The smallest absolute Gasteiger partial charge is 0.339 e. The topological polar surface area (TPSA) is 81.4 Å². The van der Waals surface area contributed by atoms with Gasteiger partial charge < -0.3 is 14.5 Å². The Morgan fingerprint density at radius 2 is 1.93 bits per heavy atom. The monoisotopic (exact) mass is 366 g/mol. The Morgan fingerprint density at radius 3 is 2.63 bits per heavy atom. The lowest BCUT2D eigenvalue weighted by atomic mass is 10.1. The van der Waals surface area contributed by atoms with Gasteiger partial charge in [0.05, 0.1) is 17.3 Å². The molecule has 1 aromatic carbocycles. The molecule has 1 N–H and O–H groups in total. The molecule has 0 radical (unpaired) electrons. The van der Waals surface area contributed by atoms with Crippen LogP contribution in [0.15, 0.2) is 53.1 Å². The van der Waals surface area contributed by atoms with Crippen molar-refractivity contribution in [1.82, 2.24) is 10.3 Å². The maximum atomic E-state index is 12.6. The van der Waals surface area contributed by atoms with Crippen LogP contribution in [-0.2, 0) is 9.53 Å². The van der Waals surface area contributed by atoms with Crippen LogP contribution in [0.5, 0.6) is 0 Å². The number of ether oxygens (including phenoxy) is 1. The van der Waals surface area contributed by atoms with Gasteiger partial charge in [-0.1, -0.05) is 32.0 Å². The number of hydrogen-bond donors (Lipinski definition) is 1. The fourth-order valence-electron chi connectivity index (χ4n) is 2.87. The fraction of sp³-hybridized carbons (Fsp3) is 0.286. The molecule has 3 rings (SSSR count). The van der Waals surface area contributed by atoms with Crippen molar-refractivity contribution in [2.45, 2.75) is 32.7 Å². The number of benzene rings is 1. The highest BCUT2D eigenvalue weighted by Gasteiger charge is 2.18. The zero-order valence-corrected chi connectivity index (χ0v) is 15.4. The van der Waals surface area contributed by atoms with E-state index in [1.165, 1.54) is 0 Å². The van der Waals surface area contributed by atoms with E-state index in [0.29, 0.717) is 27.9 Å². The van der Waals surface area contributed by atoms with Crippen LogP contribution >= 0.6 is 0 Å². The molecule has 0 bridgehead atoms. The van der Waals surface area contributed by atoms with E-state index < -0.39 is 5.97 Å². The molecule has 6 nitrogen and oxygen atoms in total. The maximum absolute atomic E-state index is 12.6. The number of nitrogens with one attached hydrogen (secondary N) is 1. The second-order valence-electron chi connectivity index (χ2n) is 6.21. The first-order chi connectivity index (χ1) is 13.1. The summed E-state index contributed by atoms with van der Waals surface area (Å²) in [6.45, 7) is 3.68. The van der Waals surface area contributed by atoms with Crippen LogP contribution in [0.2, 0.25) is 0 Å². The number of para-hydroxylation sites is 1. The average Bonchev–Trinajstić information content (AvgIpc) is 3.24. The van der Waals surface area contributed by atoms with Gasteiger partial charge in [0, 0.05) is 11.4 Å². The van der Waals surface area contributed by atoms with Gasteiger partial charge in [-0.2, -0.15) is 0 Å². The molecule has 0 unspecified atom stereocenters. The molecular weight excluding hydrogens is 344 g/mol. The third-order valence-electron chi connectivity index (χ3n) is 4.39. The number of aromatic nitrogens is 1. The number of furan rings is 1. The van der Waals surface area contributed by atoms with Crippen LogP contribution in [0.3, 0.4) is 0 Å². The SMILES string of the molecule is CCC(CC)NC(=O)COC(=O)c1cc(-c2ccco2)nc2ccccc12. The van der Waals surface area contributed by atoms with Crippen LogP contribution < -0.4 is 5.32 Å². The van der Waals surface area contributed by atoms with E-state index in [0.717, 1.165) is 12.8 Å². The molecule has 0 spiro atoms. The fourth-order valence-corrected chi connectivity index (χ4v) is 2.87. The van der Waals surface area contributed by atoms with Crippen molar-refractivity contribution >= 4 is 22.8 Å². The van der Waals surface area contributed by atoms with Gasteiger partial charge in [0.15, 0.2) is 12.4 Å². The Balaban J connectivity index is 1.82. The van der Waals surface area contributed by atoms with E-state index in [2.05, 4.69) is 10.3 Å².